The van der Waals surface area contributed by atoms with Gasteiger partial charge < -0.3 is 14.9 Å². The molecule has 0 bridgehead atoms. The summed E-state index contributed by atoms with van der Waals surface area (Å²) >= 11 is 0. The fraction of sp³-hybridized carbons (Fsp3) is 0.176. The molecule has 3 nitrogen and oxygen atoms in total. The molecule has 0 fully saturated rings. The Hall–Kier alpha value is -2.33. The van der Waals surface area contributed by atoms with Crippen molar-refractivity contribution in [1.82, 2.24) is 0 Å². The number of alkyl halides is 1. The summed E-state index contributed by atoms with van der Waals surface area (Å²) in [6, 6.07) is 16.6. The number of rotatable bonds is 5. The normalized spacial score (nSPS) is 14.0. The fourth-order valence-corrected chi connectivity index (χ4v) is 2.31. The molecule has 2 N–H and O–H groups in total. The Bertz CT molecular complexity index is 711. The molecule has 0 aliphatic carbocycles. The second-order valence-electron chi connectivity index (χ2n) is 4.80. The molecule has 1 heterocycles. The molecule has 0 amide bonds. The molecule has 21 heavy (non-hydrogen) atoms. The second kappa shape index (κ2) is 5.97. The maximum Gasteiger partial charge on any atom is 0.175 e. The van der Waals surface area contributed by atoms with Crippen LogP contribution in [0.5, 0.6) is 5.75 Å². The van der Waals surface area contributed by atoms with Crippen LogP contribution in [-0.4, -0.2) is 12.7 Å². The van der Waals surface area contributed by atoms with Gasteiger partial charge in [0.15, 0.2) is 23.6 Å². The zero-order valence-electron chi connectivity index (χ0n) is 11.4. The summed E-state index contributed by atoms with van der Waals surface area (Å²) < 4.78 is 25.5. The maximum atomic E-state index is 14.2. The molecule has 0 aliphatic rings. The highest BCUT2D eigenvalue weighted by Crippen LogP contribution is 2.32. The highest BCUT2D eigenvalue weighted by atomic mass is 19.1. The highest BCUT2D eigenvalue weighted by Gasteiger charge is 2.24. The third kappa shape index (κ3) is 2.76. The van der Waals surface area contributed by atoms with Crippen LogP contribution in [0.4, 0.5) is 4.39 Å². The summed E-state index contributed by atoms with van der Waals surface area (Å²) in [5, 5.41) is 0.919. The zero-order chi connectivity index (χ0) is 14.7. The maximum absolute atomic E-state index is 14.2. The first-order valence-electron chi connectivity index (χ1n) is 6.81. The van der Waals surface area contributed by atoms with E-state index in [0.717, 1.165) is 10.9 Å². The van der Waals surface area contributed by atoms with E-state index >= 15 is 0 Å². The Balaban J connectivity index is 1.97. The van der Waals surface area contributed by atoms with Crippen LogP contribution in [0, 0.1) is 0 Å². The van der Waals surface area contributed by atoms with E-state index in [1.807, 2.05) is 48.5 Å². The minimum Gasteiger partial charge on any atom is -0.479 e. The molecule has 0 radical (unpaired) electrons. The van der Waals surface area contributed by atoms with Crippen molar-refractivity contribution >= 4 is 11.0 Å². The molecule has 0 aliphatic heterocycles. The number of halogens is 1. The van der Waals surface area contributed by atoms with Crippen molar-refractivity contribution in [3.05, 3.63) is 66.4 Å². The van der Waals surface area contributed by atoms with Gasteiger partial charge in [0.25, 0.3) is 0 Å². The quantitative estimate of drug-likeness (QED) is 0.774. The minimum absolute atomic E-state index is 0.103. The van der Waals surface area contributed by atoms with Gasteiger partial charge in [0.05, 0.1) is 6.26 Å². The van der Waals surface area contributed by atoms with Gasteiger partial charge in [0.1, 0.15) is 0 Å². The minimum atomic E-state index is -1.29. The van der Waals surface area contributed by atoms with Crippen LogP contribution < -0.4 is 10.5 Å². The van der Waals surface area contributed by atoms with Crippen LogP contribution in [0.2, 0.25) is 0 Å². The lowest BCUT2D eigenvalue weighted by Crippen LogP contribution is -2.27. The average Bonchev–Trinajstić information content (AvgIpc) is 3.02. The van der Waals surface area contributed by atoms with Crippen molar-refractivity contribution in [1.29, 1.82) is 0 Å². The van der Waals surface area contributed by atoms with Gasteiger partial charge in [-0.2, -0.15) is 0 Å². The van der Waals surface area contributed by atoms with Gasteiger partial charge in [0, 0.05) is 11.9 Å². The zero-order valence-corrected chi connectivity index (χ0v) is 11.4. The number of hydrogen-bond acceptors (Lipinski definition) is 3. The molecule has 2 atom stereocenters. The lowest BCUT2D eigenvalue weighted by atomic mass is 10.1. The van der Waals surface area contributed by atoms with E-state index in [2.05, 4.69) is 0 Å². The molecule has 2 unspecified atom stereocenters. The average molecular weight is 285 g/mol. The first-order valence-corrected chi connectivity index (χ1v) is 6.81. The molecule has 3 rings (SSSR count). The van der Waals surface area contributed by atoms with Gasteiger partial charge >= 0.3 is 0 Å². The molecule has 0 spiro atoms. The summed E-state index contributed by atoms with van der Waals surface area (Å²) in [5.41, 5.74) is 6.84. The number of benzene rings is 2. The van der Waals surface area contributed by atoms with Gasteiger partial charge in [-0.1, -0.05) is 42.5 Å². The van der Waals surface area contributed by atoms with Crippen molar-refractivity contribution in [3.8, 4) is 5.75 Å². The Morgan fingerprint density at radius 3 is 2.62 bits per heavy atom. The second-order valence-corrected chi connectivity index (χ2v) is 4.80. The predicted molar refractivity (Wildman–Crippen MR) is 80.0 cm³/mol. The highest BCUT2D eigenvalue weighted by molar-refractivity contribution is 5.82. The monoisotopic (exact) mass is 285 g/mol. The Morgan fingerprint density at radius 1 is 1.05 bits per heavy atom. The van der Waals surface area contributed by atoms with E-state index in [4.69, 9.17) is 14.9 Å². The van der Waals surface area contributed by atoms with Crippen molar-refractivity contribution < 1.29 is 13.5 Å². The molecule has 3 aromatic rings. The Kier molecular flexibility index (Phi) is 3.88. The number of furan rings is 1. The van der Waals surface area contributed by atoms with Crippen LogP contribution in [0.25, 0.3) is 11.0 Å². The van der Waals surface area contributed by atoms with Gasteiger partial charge in [0.2, 0.25) is 0 Å². The smallest absolute Gasteiger partial charge is 0.175 e. The number of ether oxygens (including phenoxy) is 1. The van der Waals surface area contributed by atoms with E-state index in [1.165, 1.54) is 0 Å². The first kappa shape index (κ1) is 13.6. The van der Waals surface area contributed by atoms with Crippen LogP contribution in [0.1, 0.15) is 11.7 Å². The molecular weight excluding hydrogens is 269 g/mol. The van der Waals surface area contributed by atoms with Crippen LogP contribution >= 0.6 is 0 Å². The van der Waals surface area contributed by atoms with Gasteiger partial charge in [-0.25, -0.2) is 4.39 Å². The first-order chi connectivity index (χ1) is 10.3. The lowest BCUT2D eigenvalue weighted by Gasteiger charge is -2.22. The number of para-hydroxylation sites is 1. The van der Waals surface area contributed by atoms with Crippen LogP contribution in [-0.2, 0) is 0 Å². The van der Waals surface area contributed by atoms with Crippen LogP contribution in [0.3, 0.4) is 0 Å². The van der Waals surface area contributed by atoms with Crippen molar-refractivity contribution in [2.45, 2.75) is 12.3 Å². The molecule has 1 aromatic heterocycles. The predicted octanol–water partition coefficient (Wildman–Crippen LogP) is 3.85. The Morgan fingerprint density at radius 2 is 1.86 bits per heavy atom. The van der Waals surface area contributed by atoms with E-state index in [-0.39, 0.29) is 6.54 Å². The largest absolute Gasteiger partial charge is 0.479 e. The third-order valence-electron chi connectivity index (χ3n) is 3.38. The lowest BCUT2D eigenvalue weighted by molar-refractivity contribution is 0.105. The standard InChI is InChI=1S/C17H16FNO2/c18-14(11-19)16(12-5-2-1-3-6-12)21-15-8-4-7-13-9-10-20-17(13)15/h1-10,14,16H,11,19H2. The van der Waals surface area contributed by atoms with Gasteiger partial charge in [-0.15, -0.1) is 0 Å². The van der Waals surface area contributed by atoms with Crippen molar-refractivity contribution in [2.24, 2.45) is 5.73 Å². The van der Waals surface area contributed by atoms with E-state index in [0.29, 0.717) is 11.3 Å². The van der Waals surface area contributed by atoms with E-state index in [1.54, 1.807) is 12.3 Å². The van der Waals surface area contributed by atoms with Gasteiger partial charge in [-0.3, -0.25) is 0 Å². The van der Waals surface area contributed by atoms with Crippen LogP contribution in [0.15, 0.2) is 65.3 Å². The topological polar surface area (TPSA) is 48.4 Å². The SMILES string of the molecule is NCC(F)C(Oc1cccc2ccoc12)c1ccccc1. The molecule has 0 saturated heterocycles. The summed E-state index contributed by atoms with van der Waals surface area (Å²) in [5.74, 6) is 0.516. The number of fused-ring (bicyclic) bond motifs is 1. The van der Waals surface area contributed by atoms with Gasteiger partial charge in [-0.05, 0) is 17.7 Å². The summed E-state index contributed by atoms with van der Waals surface area (Å²) in [4.78, 5) is 0. The van der Waals surface area contributed by atoms with E-state index in [9.17, 15) is 4.39 Å². The number of nitrogens with two attached hydrogens (primary N) is 1. The third-order valence-corrected chi connectivity index (χ3v) is 3.38. The summed E-state index contributed by atoms with van der Waals surface area (Å²) in [7, 11) is 0. The molecule has 4 heteroatoms. The Labute approximate surface area is 122 Å². The number of hydrogen-bond donors (Lipinski definition) is 1. The fourth-order valence-electron chi connectivity index (χ4n) is 2.31. The van der Waals surface area contributed by atoms with Crippen molar-refractivity contribution in [2.75, 3.05) is 6.54 Å². The molecule has 0 saturated carbocycles. The summed E-state index contributed by atoms with van der Waals surface area (Å²) in [6.45, 7) is -0.103. The molecule has 108 valence electrons. The molecular formula is C17H16FNO2. The van der Waals surface area contributed by atoms with Crippen molar-refractivity contribution in [3.63, 3.8) is 0 Å². The van der Waals surface area contributed by atoms with E-state index < -0.39 is 12.3 Å². The summed E-state index contributed by atoms with van der Waals surface area (Å²) in [6.07, 6.45) is -0.463. The molecule has 2 aromatic carbocycles.